The minimum atomic E-state index is -0.395. The highest BCUT2D eigenvalue weighted by atomic mass is 127. The second-order valence-electron chi connectivity index (χ2n) is 6.96. The number of nitrogens with one attached hydrogen (secondary N) is 2. The van der Waals surface area contributed by atoms with E-state index < -0.39 is 5.91 Å². The van der Waals surface area contributed by atoms with E-state index in [0.717, 1.165) is 3.57 Å². The third-order valence-corrected chi connectivity index (χ3v) is 5.42. The molecule has 182 valence electrons. The van der Waals surface area contributed by atoms with Crippen molar-refractivity contribution in [3.63, 3.8) is 0 Å². The Kier molecular flexibility index (Phi) is 9.72. The van der Waals surface area contributed by atoms with E-state index in [2.05, 4.69) is 38.4 Å². The van der Waals surface area contributed by atoms with Crippen LogP contribution >= 0.6 is 22.6 Å². The Hall–Kier alpha value is -3.80. The number of ether oxygens (including phenoxy) is 4. The fourth-order valence-electron chi connectivity index (χ4n) is 2.88. The summed E-state index contributed by atoms with van der Waals surface area (Å²) in [5.74, 6) is 1.23. The van der Waals surface area contributed by atoms with Gasteiger partial charge in [-0.15, -0.1) is 0 Å². The van der Waals surface area contributed by atoms with Crippen molar-refractivity contribution in [1.82, 2.24) is 5.43 Å². The molecule has 0 heterocycles. The van der Waals surface area contributed by atoms with E-state index in [1.807, 2.05) is 24.3 Å². The smallest absolute Gasteiger partial charge is 0.277 e. The molecule has 3 aromatic carbocycles. The van der Waals surface area contributed by atoms with Gasteiger partial charge in [0.15, 0.2) is 24.7 Å². The van der Waals surface area contributed by atoms with Crippen molar-refractivity contribution in [1.29, 1.82) is 0 Å². The maximum absolute atomic E-state index is 12.3. The number of benzene rings is 3. The van der Waals surface area contributed by atoms with Gasteiger partial charge in [0.05, 0.1) is 29.7 Å². The lowest BCUT2D eigenvalue weighted by atomic mass is 10.2. The molecule has 0 fully saturated rings. The first-order valence-electron chi connectivity index (χ1n) is 10.4. The van der Waals surface area contributed by atoms with Gasteiger partial charge in [-0.05, 0) is 70.6 Å². The highest BCUT2D eigenvalue weighted by Gasteiger charge is 2.11. The summed E-state index contributed by atoms with van der Waals surface area (Å²) in [7, 11) is 3.02. The van der Waals surface area contributed by atoms with Gasteiger partial charge in [-0.2, -0.15) is 5.10 Å². The van der Waals surface area contributed by atoms with Crippen LogP contribution < -0.4 is 29.7 Å². The number of rotatable bonds is 11. The first-order valence-corrected chi connectivity index (χ1v) is 11.5. The Bertz CT molecular complexity index is 1200. The van der Waals surface area contributed by atoms with Crippen molar-refractivity contribution in [2.75, 3.05) is 32.8 Å². The van der Waals surface area contributed by atoms with Gasteiger partial charge in [0.2, 0.25) is 0 Å². The Morgan fingerprint density at radius 1 is 0.829 bits per heavy atom. The maximum atomic E-state index is 12.3. The first kappa shape index (κ1) is 25.8. The number of hydrogen-bond acceptors (Lipinski definition) is 7. The minimum Gasteiger partial charge on any atom is -0.495 e. The summed E-state index contributed by atoms with van der Waals surface area (Å²) in [4.78, 5) is 24.3. The largest absolute Gasteiger partial charge is 0.495 e. The molecule has 0 atom stereocenters. The molecule has 2 N–H and O–H groups in total. The highest BCUT2D eigenvalue weighted by Crippen LogP contribution is 2.28. The minimum absolute atomic E-state index is 0.162. The number of halogens is 1. The van der Waals surface area contributed by atoms with Crippen LogP contribution in [0.4, 0.5) is 5.69 Å². The van der Waals surface area contributed by atoms with Crippen molar-refractivity contribution in [2.24, 2.45) is 5.10 Å². The molecule has 0 saturated carbocycles. The van der Waals surface area contributed by atoms with Gasteiger partial charge in [0, 0.05) is 0 Å². The molecule has 3 rings (SSSR count). The van der Waals surface area contributed by atoms with Crippen LogP contribution in [-0.4, -0.2) is 45.5 Å². The van der Waals surface area contributed by atoms with Crippen molar-refractivity contribution in [3.8, 4) is 23.0 Å². The van der Waals surface area contributed by atoms with Gasteiger partial charge in [0.1, 0.15) is 11.5 Å². The van der Waals surface area contributed by atoms with Crippen LogP contribution in [-0.2, 0) is 9.59 Å². The monoisotopic (exact) mass is 589 g/mol. The summed E-state index contributed by atoms with van der Waals surface area (Å²) in [6.45, 7) is -0.386. The van der Waals surface area contributed by atoms with Crippen molar-refractivity contribution >= 4 is 46.3 Å². The molecule has 0 aliphatic rings. The van der Waals surface area contributed by atoms with E-state index in [4.69, 9.17) is 18.9 Å². The molecule has 3 aromatic rings. The number of hydrazone groups is 1. The standard InChI is InChI=1S/C25H24IN3O6/c1-32-21-10-6-4-8-19(21)28-24(30)15-35-22-12-11-17(13-23(22)33-2)14-27-29-25(31)16-34-20-9-5-3-7-18(20)26/h3-14H,15-16H2,1-2H3,(H,28,30)(H,29,31)/b27-14+. The van der Waals surface area contributed by atoms with E-state index in [1.165, 1.54) is 20.4 Å². The molecule has 0 radical (unpaired) electrons. The molecule has 0 bridgehead atoms. The van der Waals surface area contributed by atoms with Gasteiger partial charge in [-0.1, -0.05) is 24.3 Å². The normalized spacial score (nSPS) is 10.5. The molecule has 2 amide bonds. The average molecular weight is 589 g/mol. The zero-order valence-electron chi connectivity index (χ0n) is 19.1. The Morgan fingerprint density at radius 3 is 2.23 bits per heavy atom. The third-order valence-electron chi connectivity index (χ3n) is 4.53. The molecule has 0 saturated heterocycles. The predicted molar refractivity (Wildman–Crippen MR) is 141 cm³/mol. The lowest BCUT2D eigenvalue weighted by Gasteiger charge is -2.12. The molecule has 10 heteroatoms. The molecule has 35 heavy (non-hydrogen) atoms. The van der Waals surface area contributed by atoms with Crippen LogP contribution in [0.2, 0.25) is 0 Å². The zero-order valence-corrected chi connectivity index (χ0v) is 21.3. The number of nitrogens with zero attached hydrogens (tertiary/aromatic N) is 1. The first-order chi connectivity index (χ1) is 17.0. The van der Waals surface area contributed by atoms with Gasteiger partial charge in [-0.25, -0.2) is 5.43 Å². The maximum Gasteiger partial charge on any atom is 0.277 e. The number of para-hydroxylation sites is 3. The molecule has 9 nitrogen and oxygen atoms in total. The van der Waals surface area contributed by atoms with Crippen LogP contribution in [0, 0.1) is 3.57 Å². The lowest BCUT2D eigenvalue weighted by molar-refractivity contribution is -0.123. The van der Waals surface area contributed by atoms with E-state index in [9.17, 15) is 9.59 Å². The van der Waals surface area contributed by atoms with E-state index in [1.54, 1.807) is 42.5 Å². The van der Waals surface area contributed by atoms with Crippen LogP contribution in [0.3, 0.4) is 0 Å². The number of hydrogen-bond donors (Lipinski definition) is 2. The van der Waals surface area contributed by atoms with Crippen molar-refractivity contribution in [3.05, 3.63) is 75.9 Å². The SMILES string of the molecule is COc1ccccc1NC(=O)COc1ccc(/C=N/NC(=O)COc2ccccc2I)cc1OC. The number of methoxy groups -OCH3 is 2. The third kappa shape index (κ3) is 7.88. The summed E-state index contributed by atoms with van der Waals surface area (Å²) in [5, 5.41) is 6.68. The fourth-order valence-corrected chi connectivity index (χ4v) is 3.42. The molecule has 0 aromatic heterocycles. The Balaban J connectivity index is 1.51. The predicted octanol–water partition coefficient (Wildman–Crippen LogP) is 3.86. The van der Waals surface area contributed by atoms with Crippen molar-refractivity contribution in [2.45, 2.75) is 0 Å². The number of anilines is 1. The fraction of sp³-hybridized carbons (Fsp3) is 0.160. The second-order valence-corrected chi connectivity index (χ2v) is 8.12. The topological polar surface area (TPSA) is 107 Å². The quantitative estimate of drug-likeness (QED) is 0.200. The number of carbonyl (C=O) groups is 2. The number of amides is 2. The summed E-state index contributed by atoms with van der Waals surface area (Å²) < 4.78 is 22.6. The van der Waals surface area contributed by atoms with Crippen LogP contribution in [0.25, 0.3) is 0 Å². The van der Waals surface area contributed by atoms with Crippen LogP contribution in [0.1, 0.15) is 5.56 Å². The van der Waals surface area contributed by atoms with Gasteiger partial charge in [-0.3, -0.25) is 9.59 Å². The Morgan fingerprint density at radius 2 is 1.49 bits per heavy atom. The van der Waals surface area contributed by atoms with Crippen LogP contribution in [0.5, 0.6) is 23.0 Å². The number of carbonyl (C=O) groups excluding carboxylic acids is 2. The molecule has 0 aliphatic heterocycles. The average Bonchev–Trinajstić information content (AvgIpc) is 2.87. The molecule has 0 spiro atoms. The van der Waals surface area contributed by atoms with E-state index in [-0.39, 0.29) is 19.1 Å². The highest BCUT2D eigenvalue weighted by molar-refractivity contribution is 14.1. The Labute approximate surface area is 216 Å². The van der Waals surface area contributed by atoms with Crippen LogP contribution in [0.15, 0.2) is 71.8 Å². The summed E-state index contributed by atoms with van der Waals surface area (Å²) in [6, 6.07) is 19.5. The summed E-state index contributed by atoms with van der Waals surface area (Å²) in [6.07, 6.45) is 1.46. The summed E-state index contributed by atoms with van der Waals surface area (Å²) in [5.41, 5.74) is 3.62. The van der Waals surface area contributed by atoms with Crippen molar-refractivity contribution < 1.29 is 28.5 Å². The molecular formula is C25H24IN3O6. The lowest BCUT2D eigenvalue weighted by Crippen LogP contribution is -2.24. The molecular weight excluding hydrogens is 565 g/mol. The van der Waals surface area contributed by atoms with Gasteiger partial charge >= 0.3 is 0 Å². The van der Waals surface area contributed by atoms with Gasteiger partial charge in [0.25, 0.3) is 11.8 Å². The second kappa shape index (κ2) is 13.2. The molecule has 0 aliphatic carbocycles. The molecule has 0 unspecified atom stereocenters. The van der Waals surface area contributed by atoms with Gasteiger partial charge < -0.3 is 24.3 Å². The van der Waals surface area contributed by atoms with E-state index in [0.29, 0.717) is 34.2 Å². The zero-order chi connectivity index (χ0) is 25.0. The summed E-state index contributed by atoms with van der Waals surface area (Å²) >= 11 is 2.13. The van der Waals surface area contributed by atoms with E-state index >= 15 is 0 Å².